The predicted octanol–water partition coefficient (Wildman–Crippen LogP) is 4.92. The standard InChI is InChI=1S/C43H42FN5O6/c1-47-25-40(51)49-24-32(46-41(52)35-13-7-11-29-9-5-6-12-34(29)35)22-33(49)26-55-38-18-16-31(44)21-36(38)43(54)48(2)37(17-19-39(47)50)42(53)45-23-27-14-15-28-8-3-4-10-30(28)20-27/h3-16,18,20-21,32-33,37H,17,19,22-26H2,1-2H3,(H,45,53)(H,46,52)/t32-,33-,37-/m0/s1. The number of halogens is 1. The van der Waals surface area contributed by atoms with Crippen LogP contribution in [0.5, 0.6) is 5.75 Å². The molecule has 0 aromatic heterocycles. The fraction of sp³-hybridized carbons (Fsp3) is 0.279. The summed E-state index contributed by atoms with van der Waals surface area (Å²) in [6, 6.07) is 28.3. The monoisotopic (exact) mass is 743 g/mol. The van der Waals surface area contributed by atoms with Crippen molar-refractivity contribution >= 4 is 51.1 Å². The first-order valence-electron chi connectivity index (χ1n) is 18.3. The topological polar surface area (TPSA) is 128 Å². The Morgan fingerprint density at radius 2 is 1.58 bits per heavy atom. The third kappa shape index (κ3) is 8.13. The number of nitrogens with one attached hydrogen (secondary N) is 2. The van der Waals surface area contributed by atoms with E-state index in [1.165, 1.54) is 36.0 Å². The summed E-state index contributed by atoms with van der Waals surface area (Å²) in [5.74, 6) is -2.78. The average molecular weight is 744 g/mol. The summed E-state index contributed by atoms with van der Waals surface area (Å²) in [5.41, 5.74) is 1.25. The lowest BCUT2D eigenvalue weighted by atomic mass is 10.0. The zero-order valence-corrected chi connectivity index (χ0v) is 30.7. The molecule has 2 N–H and O–H groups in total. The lowest BCUT2D eigenvalue weighted by molar-refractivity contribution is -0.140. The van der Waals surface area contributed by atoms with Crippen LogP contribution in [0, 0.1) is 5.82 Å². The maximum Gasteiger partial charge on any atom is 0.258 e. The summed E-state index contributed by atoms with van der Waals surface area (Å²) in [5, 5.41) is 9.78. The van der Waals surface area contributed by atoms with Gasteiger partial charge in [0, 0.05) is 45.2 Å². The molecule has 282 valence electrons. The van der Waals surface area contributed by atoms with Crippen LogP contribution in [0.15, 0.2) is 103 Å². The minimum atomic E-state index is -1.10. The zero-order valence-electron chi connectivity index (χ0n) is 30.7. The molecule has 7 rings (SSSR count). The first kappa shape index (κ1) is 37.0. The van der Waals surface area contributed by atoms with E-state index in [4.69, 9.17) is 4.74 Å². The molecule has 2 aliphatic heterocycles. The Bertz CT molecular complexity index is 2290. The Balaban J connectivity index is 1.12. The van der Waals surface area contributed by atoms with Gasteiger partial charge >= 0.3 is 0 Å². The van der Waals surface area contributed by atoms with Gasteiger partial charge < -0.3 is 30.1 Å². The molecule has 5 aromatic rings. The molecule has 0 bridgehead atoms. The lowest BCUT2D eigenvalue weighted by Gasteiger charge is -2.28. The summed E-state index contributed by atoms with van der Waals surface area (Å²) in [7, 11) is 2.96. The smallest absolute Gasteiger partial charge is 0.258 e. The maximum absolute atomic E-state index is 14.7. The van der Waals surface area contributed by atoms with Crippen molar-refractivity contribution in [1.82, 2.24) is 25.3 Å². The highest BCUT2D eigenvalue weighted by Crippen LogP contribution is 2.27. The summed E-state index contributed by atoms with van der Waals surface area (Å²) in [6.07, 6.45) is 0.141. The third-order valence-electron chi connectivity index (χ3n) is 10.5. The second-order valence-corrected chi connectivity index (χ2v) is 14.2. The molecular formula is C43H42FN5O6. The Labute approximate surface area is 318 Å². The van der Waals surface area contributed by atoms with Gasteiger partial charge in [0.25, 0.3) is 11.8 Å². The Morgan fingerprint density at radius 1 is 0.836 bits per heavy atom. The van der Waals surface area contributed by atoms with Crippen molar-refractivity contribution in [3.63, 3.8) is 0 Å². The fourth-order valence-corrected chi connectivity index (χ4v) is 7.47. The van der Waals surface area contributed by atoms with Gasteiger partial charge in [0.1, 0.15) is 24.2 Å². The minimum absolute atomic E-state index is 0.0523. The van der Waals surface area contributed by atoms with E-state index >= 15 is 0 Å². The van der Waals surface area contributed by atoms with Crippen LogP contribution in [0.25, 0.3) is 21.5 Å². The number of ether oxygens (including phenoxy) is 1. The number of likely N-dealkylation sites (N-methyl/N-ethyl adjacent to an activating group) is 2. The van der Waals surface area contributed by atoms with Gasteiger partial charge in [0.05, 0.1) is 18.2 Å². The van der Waals surface area contributed by atoms with Crippen molar-refractivity contribution in [2.75, 3.05) is 33.8 Å². The summed E-state index contributed by atoms with van der Waals surface area (Å²) < 4.78 is 20.9. The van der Waals surface area contributed by atoms with Crippen LogP contribution in [0.2, 0.25) is 0 Å². The molecule has 0 unspecified atom stereocenters. The molecule has 0 radical (unpaired) electrons. The molecule has 0 saturated carbocycles. The number of fused-ring (bicyclic) bond motifs is 4. The normalized spacial score (nSPS) is 19.7. The number of benzene rings is 5. The van der Waals surface area contributed by atoms with Gasteiger partial charge in [-0.05, 0) is 70.3 Å². The maximum atomic E-state index is 14.7. The van der Waals surface area contributed by atoms with Gasteiger partial charge in [0.15, 0.2) is 0 Å². The second kappa shape index (κ2) is 16.0. The van der Waals surface area contributed by atoms with Gasteiger partial charge in [-0.3, -0.25) is 24.0 Å². The van der Waals surface area contributed by atoms with Crippen LogP contribution >= 0.6 is 0 Å². The van der Waals surface area contributed by atoms with Crippen molar-refractivity contribution in [2.24, 2.45) is 0 Å². The zero-order chi connectivity index (χ0) is 38.6. The van der Waals surface area contributed by atoms with Crippen molar-refractivity contribution in [2.45, 2.75) is 43.9 Å². The number of nitrogens with zero attached hydrogens (tertiary/aromatic N) is 3. The third-order valence-corrected chi connectivity index (χ3v) is 10.5. The van der Waals surface area contributed by atoms with Crippen molar-refractivity contribution in [3.8, 4) is 5.75 Å². The van der Waals surface area contributed by atoms with Crippen LogP contribution in [0.4, 0.5) is 4.39 Å². The molecule has 3 atom stereocenters. The number of hydrogen-bond acceptors (Lipinski definition) is 6. The number of carbonyl (C=O) groups is 5. The van der Waals surface area contributed by atoms with E-state index in [1.54, 1.807) is 11.0 Å². The fourth-order valence-electron chi connectivity index (χ4n) is 7.47. The molecule has 1 saturated heterocycles. The molecular weight excluding hydrogens is 701 g/mol. The van der Waals surface area contributed by atoms with Crippen LogP contribution in [0.1, 0.15) is 45.5 Å². The average Bonchev–Trinajstić information content (AvgIpc) is 3.60. The lowest BCUT2D eigenvalue weighted by Crippen LogP contribution is -2.48. The Hall–Kier alpha value is -6.30. The van der Waals surface area contributed by atoms with E-state index in [1.807, 2.05) is 78.9 Å². The van der Waals surface area contributed by atoms with Crippen molar-refractivity contribution in [3.05, 3.63) is 126 Å². The SMILES string of the molecule is CN1CC(=O)N2C[C@@H](NC(=O)c3cccc4ccccc34)C[C@H]2COc2ccc(F)cc2C(=O)N(C)[C@H](C(=O)NCc2ccc3ccccc3c2)CCC1=O. The summed E-state index contributed by atoms with van der Waals surface area (Å²) >= 11 is 0. The molecule has 12 heteroatoms. The van der Waals surface area contributed by atoms with Crippen LogP contribution in [-0.2, 0) is 20.9 Å². The highest BCUT2D eigenvalue weighted by molar-refractivity contribution is 6.07. The van der Waals surface area contributed by atoms with E-state index in [0.29, 0.717) is 12.0 Å². The largest absolute Gasteiger partial charge is 0.491 e. The van der Waals surface area contributed by atoms with Crippen molar-refractivity contribution in [1.29, 1.82) is 0 Å². The van der Waals surface area contributed by atoms with Crippen LogP contribution < -0.4 is 15.4 Å². The van der Waals surface area contributed by atoms with E-state index < -0.39 is 41.7 Å². The first-order valence-corrected chi connectivity index (χ1v) is 18.3. The predicted molar refractivity (Wildman–Crippen MR) is 206 cm³/mol. The van der Waals surface area contributed by atoms with E-state index in [9.17, 15) is 28.4 Å². The molecule has 5 aromatic carbocycles. The Morgan fingerprint density at radius 3 is 2.40 bits per heavy atom. The van der Waals surface area contributed by atoms with E-state index in [-0.39, 0.29) is 62.2 Å². The van der Waals surface area contributed by atoms with Gasteiger partial charge in [-0.1, -0.05) is 72.8 Å². The first-order chi connectivity index (χ1) is 26.5. The molecule has 0 aliphatic carbocycles. The number of amides is 5. The molecule has 11 nitrogen and oxygen atoms in total. The van der Waals surface area contributed by atoms with Crippen molar-refractivity contribution < 1.29 is 33.1 Å². The minimum Gasteiger partial charge on any atom is -0.491 e. The highest BCUT2D eigenvalue weighted by atomic mass is 19.1. The van der Waals surface area contributed by atoms with Gasteiger partial charge in [-0.2, -0.15) is 0 Å². The van der Waals surface area contributed by atoms with Gasteiger partial charge in [-0.25, -0.2) is 4.39 Å². The number of carbonyl (C=O) groups excluding carboxylic acids is 5. The summed E-state index contributed by atoms with van der Waals surface area (Å²) in [4.78, 5) is 72.8. The highest BCUT2D eigenvalue weighted by Gasteiger charge is 2.38. The van der Waals surface area contributed by atoms with E-state index in [2.05, 4.69) is 10.6 Å². The van der Waals surface area contributed by atoms with Gasteiger partial charge in [-0.15, -0.1) is 0 Å². The molecule has 2 aliphatic rings. The van der Waals surface area contributed by atoms with E-state index in [0.717, 1.165) is 33.2 Å². The molecule has 1 fully saturated rings. The molecule has 5 amide bonds. The van der Waals surface area contributed by atoms with Crippen LogP contribution in [-0.4, -0.2) is 96.2 Å². The second-order valence-electron chi connectivity index (χ2n) is 14.2. The molecule has 2 heterocycles. The number of hydrogen-bond donors (Lipinski definition) is 2. The van der Waals surface area contributed by atoms with Crippen LogP contribution in [0.3, 0.4) is 0 Å². The molecule has 55 heavy (non-hydrogen) atoms. The number of rotatable bonds is 5. The molecule has 0 spiro atoms. The van der Waals surface area contributed by atoms with Gasteiger partial charge in [0.2, 0.25) is 17.7 Å². The Kier molecular flexibility index (Phi) is 10.8. The quantitative estimate of drug-likeness (QED) is 0.263. The summed E-state index contributed by atoms with van der Waals surface area (Å²) in [6.45, 7) is 0.0341.